The van der Waals surface area contributed by atoms with Crippen LogP contribution < -0.4 is 0 Å². The van der Waals surface area contributed by atoms with Crippen LogP contribution in [0.1, 0.15) is 22.3 Å². The van der Waals surface area contributed by atoms with Crippen molar-refractivity contribution in [1.29, 1.82) is 0 Å². The first-order valence-electron chi connectivity index (χ1n) is 16.5. The zero-order chi connectivity index (χ0) is 34.4. The third-order valence-electron chi connectivity index (χ3n) is 9.55. The molecule has 51 heavy (non-hydrogen) atoms. The maximum Gasteiger partial charge on any atom is 0.141 e. The molecule has 2 aromatic heterocycles. The summed E-state index contributed by atoms with van der Waals surface area (Å²) in [7, 11) is 0. The SMILES string of the molecule is Oc1ccc(N=Nc2ccc(C3(c4ccc(N=Nc5ccc(O)c6ncccc56)cc4)c4ccccc4-c4ccccc43)cc2)c2cccnc12. The summed E-state index contributed by atoms with van der Waals surface area (Å²) in [6.45, 7) is 0. The Morgan fingerprint density at radius 1 is 0.412 bits per heavy atom. The molecular formula is C43H28N6O2. The van der Waals surface area contributed by atoms with Gasteiger partial charge in [0.05, 0.1) is 28.2 Å². The minimum Gasteiger partial charge on any atom is -0.506 e. The minimum atomic E-state index is -0.601. The third-order valence-corrected chi connectivity index (χ3v) is 9.55. The van der Waals surface area contributed by atoms with Gasteiger partial charge in [0.1, 0.15) is 22.5 Å². The average Bonchev–Trinajstić information content (AvgIpc) is 3.49. The van der Waals surface area contributed by atoms with E-state index in [2.05, 4.69) is 103 Å². The zero-order valence-corrected chi connectivity index (χ0v) is 27.1. The van der Waals surface area contributed by atoms with Gasteiger partial charge in [-0.1, -0.05) is 72.8 Å². The topological polar surface area (TPSA) is 116 Å². The molecule has 0 unspecified atom stereocenters. The summed E-state index contributed by atoms with van der Waals surface area (Å²) in [4.78, 5) is 8.59. The Kier molecular flexibility index (Phi) is 7.14. The van der Waals surface area contributed by atoms with Crippen molar-refractivity contribution in [2.24, 2.45) is 20.5 Å². The molecule has 0 amide bonds. The highest BCUT2D eigenvalue weighted by atomic mass is 16.3. The lowest BCUT2D eigenvalue weighted by atomic mass is 9.67. The molecule has 0 aliphatic heterocycles. The van der Waals surface area contributed by atoms with Gasteiger partial charge in [0.15, 0.2) is 0 Å². The summed E-state index contributed by atoms with van der Waals surface area (Å²) in [5.41, 5.74) is 10.0. The zero-order valence-electron chi connectivity index (χ0n) is 27.1. The highest BCUT2D eigenvalue weighted by Crippen LogP contribution is 2.56. The number of pyridine rings is 2. The van der Waals surface area contributed by atoms with Crippen molar-refractivity contribution in [2.75, 3.05) is 0 Å². The van der Waals surface area contributed by atoms with Crippen LogP contribution in [0.5, 0.6) is 11.5 Å². The van der Waals surface area contributed by atoms with Crippen LogP contribution in [0, 0.1) is 0 Å². The predicted octanol–water partition coefficient (Wildman–Crippen LogP) is 11.4. The minimum absolute atomic E-state index is 0.107. The normalized spacial score (nSPS) is 13.3. The molecule has 8 aromatic rings. The molecule has 0 fully saturated rings. The molecule has 2 N–H and O–H groups in total. The van der Waals surface area contributed by atoms with E-state index in [1.807, 2.05) is 48.5 Å². The molecule has 0 radical (unpaired) electrons. The van der Waals surface area contributed by atoms with Gasteiger partial charge < -0.3 is 10.2 Å². The summed E-state index contributed by atoms with van der Waals surface area (Å²) >= 11 is 0. The number of aromatic nitrogens is 2. The number of hydrogen-bond donors (Lipinski definition) is 2. The smallest absolute Gasteiger partial charge is 0.141 e. The number of rotatable bonds is 6. The van der Waals surface area contributed by atoms with Crippen LogP contribution >= 0.6 is 0 Å². The first-order chi connectivity index (χ1) is 25.1. The molecule has 0 atom stereocenters. The summed E-state index contributed by atoms with van der Waals surface area (Å²) < 4.78 is 0. The van der Waals surface area contributed by atoms with E-state index in [9.17, 15) is 10.2 Å². The molecule has 6 aromatic carbocycles. The summed E-state index contributed by atoms with van der Waals surface area (Å²) in [5, 5.41) is 40.1. The molecule has 2 heterocycles. The number of fused-ring (bicyclic) bond motifs is 5. The molecule has 8 heteroatoms. The number of azo groups is 2. The number of hydrogen-bond acceptors (Lipinski definition) is 8. The lowest BCUT2D eigenvalue weighted by Crippen LogP contribution is -2.28. The van der Waals surface area contributed by atoms with Gasteiger partial charge in [-0.05, 0) is 106 Å². The Morgan fingerprint density at radius 2 is 0.843 bits per heavy atom. The number of benzene rings is 6. The van der Waals surface area contributed by atoms with Gasteiger partial charge in [0.2, 0.25) is 0 Å². The quantitative estimate of drug-likeness (QED) is 0.173. The van der Waals surface area contributed by atoms with Gasteiger partial charge in [-0.2, -0.15) is 10.2 Å². The van der Waals surface area contributed by atoms with Gasteiger partial charge >= 0.3 is 0 Å². The molecule has 0 saturated heterocycles. The fraction of sp³-hybridized carbons (Fsp3) is 0.0233. The molecule has 242 valence electrons. The number of aromatic hydroxyl groups is 2. The van der Waals surface area contributed by atoms with Crippen molar-refractivity contribution in [1.82, 2.24) is 9.97 Å². The van der Waals surface area contributed by atoms with Crippen LogP contribution in [0.15, 0.2) is 178 Å². The van der Waals surface area contributed by atoms with E-state index in [1.54, 1.807) is 36.7 Å². The maximum absolute atomic E-state index is 10.3. The number of phenolic OH excluding ortho intramolecular Hbond substituents is 2. The van der Waals surface area contributed by atoms with Gasteiger partial charge in [0.25, 0.3) is 0 Å². The van der Waals surface area contributed by atoms with E-state index in [0.717, 1.165) is 21.9 Å². The van der Waals surface area contributed by atoms with Crippen LogP contribution in [0.2, 0.25) is 0 Å². The fourth-order valence-corrected chi connectivity index (χ4v) is 7.26. The van der Waals surface area contributed by atoms with E-state index in [4.69, 9.17) is 0 Å². The molecule has 8 nitrogen and oxygen atoms in total. The Labute approximate surface area is 292 Å². The first kappa shape index (κ1) is 30.0. The van der Waals surface area contributed by atoms with Crippen molar-refractivity contribution in [3.05, 3.63) is 180 Å². The average molecular weight is 661 g/mol. The van der Waals surface area contributed by atoms with Crippen molar-refractivity contribution in [3.63, 3.8) is 0 Å². The highest BCUT2D eigenvalue weighted by molar-refractivity contribution is 5.94. The molecule has 0 bridgehead atoms. The second-order valence-electron chi connectivity index (χ2n) is 12.3. The van der Waals surface area contributed by atoms with Gasteiger partial charge in [0, 0.05) is 23.2 Å². The van der Waals surface area contributed by atoms with Gasteiger partial charge in [-0.15, -0.1) is 10.2 Å². The lowest BCUT2D eigenvalue weighted by molar-refractivity contribution is 0.480. The van der Waals surface area contributed by atoms with Crippen molar-refractivity contribution < 1.29 is 10.2 Å². The predicted molar refractivity (Wildman–Crippen MR) is 199 cm³/mol. The molecule has 9 rings (SSSR count). The van der Waals surface area contributed by atoms with Crippen LogP contribution in [-0.2, 0) is 5.41 Å². The van der Waals surface area contributed by atoms with E-state index < -0.39 is 5.41 Å². The highest BCUT2D eigenvalue weighted by Gasteiger charge is 2.45. The number of phenols is 2. The Bertz CT molecular complexity index is 2480. The van der Waals surface area contributed by atoms with Gasteiger partial charge in [-0.25, -0.2) is 0 Å². The standard InChI is InChI=1S/C43H28N6O2/c50-39-23-21-37(33-9-5-25-44-41(33)39)48-46-29-17-13-27(14-18-29)43(35-11-3-1-7-31(35)32-8-2-4-12-36(32)43)28-15-19-30(20-16-28)47-49-38-22-24-40(51)42-34(38)10-6-26-45-42/h1-26,50-51H. The summed E-state index contributed by atoms with van der Waals surface area (Å²) in [6, 6.07) is 47.7. The van der Waals surface area contributed by atoms with E-state index in [0.29, 0.717) is 33.8 Å². The van der Waals surface area contributed by atoms with Gasteiger partial charge in [-0.3, -0.25) is 9.97 Å². The summed E-state index contributed by atoms with van der Waals surface area (Å²) in [6.07, 6.45) is 3.29. The lowest BCUT2D eigenvalue weighted by Gasteiger charge is -2.34. The van der Waals surface area contributed by atoms with E-state index in [-0.39, 0.29) is 11.5 Å². The third kappa shape index (κ3) is 4.92. The first-order valence-corrected chi connectivity index (χ1v) is 16.5. The van der Waals surface area contributed by atoms with Crippen LogP contribution in [0.4, 0.5) is 22.7 Å². The Balaban J connectivity index is 1.12. The van der Waals surface area contributed by atoms with Crippen LogP contribution in [0.3, 0.4) is 0 Å². The molecule has 0 spiro atoms. The van der Waals surface area contributed by atoms with E-state index in [1.165, 1.54) is 22.3 Å². The maximum atomic E-state index is 10.3. The largest absolute Gasteiger partial charge is 0.506 e. The molecular weight excluding hydrogens is 633 g/mol. The molecule has 0 saturated carbocycles. The monoisotopic (exact) mass is 660 g/mol. The van der Waals surface area contributed by atoms with Crippen molar-refractivity contribution in [3.8, 4) is 22.6 Å². The number of nitrogens with zero attached hydrogens (tertiary/aromatic N) is 6. The molecule has 1 aliphatic rings. The van der Waals surface area contributed by atoms with Crippen LogP contribution in [0.25, 0.3) is 32.9 Å². The van der Waals surface area contributed by atoms with Crippen molar-refractivity contribution >= 4 is 44.6 Å². The van der Waals surface area contributed by atoms with E-state index >= 15 is 0 Å². The van der Waals surface area contributed by atoms with Crippen molar-refractivity contribution in [2.45, 2.75) is 5.41 Å². The Morgan fingerprint density at radius 3 is 1.29 bits per heavy atom. The summed E-state index contributed by atoms with van der Waals surface area (Å²) in [5.74, 6) is 0.215. The second kappa shape index (κ2) is 12.1. The molecule has 1 aliphatic carbocycles. The Hall–Kier alpha value is -7.06. The van der Waals surface area contributed by atoms with Crippen LogP contribution in [-0.4, -0.2) is 20.2 Å². The fourth-order valence-electron chi connectivity index (χ4n) is 7.26. The second-order valence-corrected chi connectivity index (χ2v) is 12.3.